The summed E-state index contributed by atoms with van der Waals surface area (Å²) >= 11 is 5.95. The quantitative estimate of drug-likeness (QED) is 0.300. The number of hydrogen-bond donors (Lipinski definition) is 0. The number of nitrogens with zero attached hydrogens (tertiary/aromatic N) is 2. The van der Waals surface area contributed by atoms with Crippen molar-refractivity contribution in [3.05, 3.63) is 63.7 Å². The predicted molar refractivity (Wildman–Crippen MR) is 138 cm³/mol. The lowest BCUT2D eigenvalue weighted by Gasteiger charge is -2.34. The molecule has 1 heterocycles. The minimum absolute atomic E-state index is 0.0485. The van der Waals surface area contributed by atoms with Crippen LogP contribution in [0.5, 0.6) is 5.75 Å². The lowest BCUT2D eigenvalue weighted by Crippen LogP contribution is -2.49. The second kappa shape index (κ2) is 13.7. The van der Waals surface area contributed by atoms with E-state index in [-0.39, 0.29) is 47.8 Å². The van der Waals surface area contributed by atoms with Crippen LogP contribution in [-0.2, 0) is 11.3 Å². The Hall–Kier alpha value is -2.51. The number of ether oxygens (including phenoxy) is 1. The van der Waals surface area contributed by atoms with Gasteiger partial charge in [-0.05, 0) is 42.7 Å². The third kappa shape index (κ3) is 7.50. The highest BCUT2D eigenvalue weighted by Gasteiger charge is 2.25. The summed E-state index contributed by atoms with van der Waals surface area (Å²) in [5.74, 6) is 0.0252. The summed E-state index contributed by atoms with van der Waals surface area (Å²) in [6.07, 6.45) is -0.701. The average Bonchev–Trinajstić information content (AvgIpc) is 2.88. The van der Waals surface area contributed by atoms with Crippen LogP contribution >= 0.6 is 11.6 Å². The molecule has 0 bridgehead atoms. The van der Waals surface area contributed by atoms with Crippen LogP contribution in [0.3, 0.4) is 0 Å². The van der Waals surface area contributed by atoms with Crippen LogP contribution in [0.25, 0.3) is 0 Å². The van der Waals surface area contributed by atoms with E-state index in [4.69, 9.17) is 16.3 Å². The van der Waals surface area contributed by atoms with Gasteiger partial charge in [0.25, 0.3) is 5.91 Å². The fourth-order valence-corrected chi connectivity index (χ4v) is 4.59. The number of piperazine rings is 1. The second-order valence-electron chi connectivity index (χ2n) is 9.22. The van der Waals surface area contributed by atoms with Gasteiger partial charge in [-0.2, -0.15) is 0 Å². The minimum Gasteiger partial charge on any atom is -0.484 e. The maximum Gasteiger partial charge on any atom is 0.260 e. The first-order chi connectivity index (χ1) is 17.4. The molecule has 2 aromatic carbocycles. The molecule has 196 valence electrons. The van der Waals surface area contributed by atoms with Crippen LogP contribution in [0.15, 0.2) is 36.4 Å². The summed E-state index contributed by atoms with van der Waals surface area (Å²) in [7, 11) is 0. The van der Waals surface area contributed by atoms with Gasteiger partial charge < -0.3 is 9.64 Å². The summed E-state index contributed by atoms with van der Waals surface area (Å²) in [5, 5.41) is 0.703. The number of alkyl halides is 2. The van der Waals surface area contributed by atoms with Crippen LogP contribution in [0.1, 0.15) is 78.9 Å². The van der Waals surface area contributed by atoms with E-state index in [1.807, 2.05) is 38.1 Å². The van der Waals surface area contributed by atoms with Gasteiger partial charge in [-0.1, -0.05) is 50.4 Å². The zero-order chi connectivity index (χ0) is 26.1. The Balaban J connectivity index is 1.63. The van der Waals surface area contributed by atoms with Crippen molar-refractivity contribution in [2.75, 3.05) is 32.8 Å². The smallest absolute Gasteiger partial charge is 0.260 e. The van der Waals surface area contributed by atoms with Crippen LogP contribution in [0, 0.1) is 0 Å². The fraction of sp³-hybridized carbons (Fsp3) is 0.500. The van der Waals surface area contributed by atoms with Gasteiger partial charge in [0.1, 0.15) is 18.1 Å². The zero-order valence-corrected chi connectivity index (χ0v) is 21.8. The van der Waals surface area contributed by atoms with E-state index in [1.165, 1.54) is 12.1 Å². The standard InChI is InChI=1S/C28H35ClF2N2O3/c1-3-5-26(30)23-15-22(16-24(25(23)18-34)27(31)6-4-2)36-19-28(35)33-13-11-32(12-14-33)17-20-7-9-21(29)10-8-20/h7-10,15-16,18,26-27H,3-6,11-14,17,19H2,1-2H3. The van der Waals surface area contributed by atoms with Crippen molar-refractivity contribution in [2.24, 2.45) is 0 Å². The van der Waals surface area contributed by atoms with E-state index in [9.17, 15) is 18.4 Å². The molecule has 1 amide bonds. The Kier molecular flexibility index (Phi) is 10.7. The molecular weight excluding hydrogens is 486 g/mol. The molecule has 1 aliphatic heterocycles. The van der Waals surface area contributed by atoms with Crippen molar-refractivity contribution in [3.8, 4) is 5.75 Å². The Bertz CT molecular complexity index is 977. The molecule has 2 atom stereocenters. The number of amides is 1. The molecule has 8 heteroatoms. The van der Waals surface area contributed by atoms with Gasteiger partial charge in [0.05, 0.1) is 0 Å². The molecule has 0 N–H and O–H groups in total. The summed E-state index contributed by atoms with van der Waals surface area (Å²) in [6, 6.07) is 10.6. The van der Waals surface area contributed by atoms with E-state index in [2.05, 4.69) is 4.90 Å². The van der Waals surface area contributed by atoms with Gasteiger partial charge in [-0.25, -0.2) is 8.78 Å². The molecule has 0 saturated carbocycles. The fourth-order valence-electron chi connectivity index (χ4n) is 4.47. The molecular formula is C28H35ClF2N2O3. The van der Waals surface area contributed by atoms with Crippen molar-refractivity contribution in [1.29, 1.82) is 0 Å². The highest BCUT2D eigenvalue weighted by molar-refractivity contribution is 6.30. The number of rotatable bonds is 12. The maximum absolute atomic E-state index is 14.9. The summed E-state index contributed by atoms with van der Waals surface area (Å²) in [6.45, 7) is 6.86. The van der Waals surface area contributed by atoms with E-state index >= 15 is 0 Å². The third-order valence-corrected chi connectivity index (χ3v) is 6.75. The minimum atomic E-state index is -1.41. The predicted octanol–water partition coefficient (Wildman–Crippen LogP) is 6.50. The first-order valence-electron chi connectivity index (χ1n) is 12.6. The van der Waals surface area contributed by atoms with Crippen LogP contribution in [-0.4, -0.2) is 54.8 Å². The Morgan fingerprint density at radius 1 is 1.00 bits per heavy atom. The van der Waals surface area contributed by atoms with Gasteiger partial charge in [-0.3, -0.25) is 14.5 Å². The molecule has 0 aliphatic carbocycles. The molecule has 36 heavy (non-hydrogen) atoms. The maximum atomic E-state index is 14.9. The molecule has 1 saturated heterocycles. The molecule has 2 unspecified atom stereocenters. The summed E-state index contributed by atoms with van der Waals surface area (Å²) < 4.78 is 35.5. The number of carbonyl (C=O) groups excluding carboxylic acids is 2. The number of carbonyl (C=O) groups is 2. The van der Waals surface area contributed by atoms with Gasteiger partial charge in [0, 0.05) is 54.4 Å². The van der Waals surface area contributed by atoms with Crippen LogP contribution in [0.2, 0.25) is 5.02 Å². The third-order valence-electron chi connectivity index (χ3n) is 6.50. The Labute approximate surface area is 217 Å². The van der Waals surface area contributed by atoms with Gasteiger partial charge >= 0.3 is 0 Å². The largest absolute Gasteiger partial charge is 0.484 e. The van der Waals surface area contributed by atoms with Crippen LogP contribution < -0.4 is 4.74 Å². The Morgan fingerprint density at radius 3 is 2.06 bits per heavy atom. The van der Waals surface area contributed by atoms with Crippen LogP contribution in [0.4, 0.5) is 8.78 Å². The molecule has 5 nitrogen and oxygen atoms in total. The molecule has 3 rings (SSSR count). The highest BCUT2D eigenvalue weighted by Crippen LogP contribution is 2.36. The highest BCUT2D eigenvalue weighted by atomic mass is 35.5. The van der Waals surface area contributed by atoms with Crippen molar-refractivity contribution in [2.45, 2.75) is 58.4 Å². The first kappa shape index (κ1) is 28.1. The van der Waals surface area contributed by atoms with Crippen molar-refractivity contribution < 1.29 is 23.1 Å². The molecule has 0 spiro atoms. The lowest BCUT2D eigenvalue weighted by molar-refractivity contribution is -0.135. The van der Waals surface area contributed by atoms with Crippen molar-refractivity contribution >= 4 is 23.8 Å². The summed E-state index contributed by atoms with van der Waals surface area (Å²) in [5.41, 5.74) is 1.46. The topological polar surface area (TPSA) is 49.9 Å². The van der Waals surface area contributed by atoms with E-state index in [1.54, 1.807) is 4.90 Å². The first-order valence-corrected chi connectivity index (χ1v) is 13.0. The zero-order valence-electron chi connectivity index (χ0n) is 21.0. The van der Waals surface area contributed by atoms with Crippen molar-refractivity contribution in [1.82, 2.24) is 9.80 Å². The number of benzene rings is 2. The summed E-state index contributed by atoms with van der Waals surface area (Å²) in [4.78, 5) is 28.6. The van der Waals surface area contributed by atoms with Crippen molar-refractivity contribution in [3.63, 3.8) is 0 Å². The lowest BCUT2D eigenvalue weighted by atomic mass is 9.92. The average molecular weight is 521 g/mol. The molecule has 0 aromatic heterocycles. The molecule has 1 aliphatic rings. The van der Waals surface area contributed by atoms with Gasteiger partial charge in [0.15, 0.2) is 12.9 Å². The number of hydrogen-bond acceptors (Lipinski definition) is 4. The molecule has 2 aromatic rings. The number of halogens is 3. The molecule has 1 fully saturated rings. The Morgan fingerprint density at radius 2 is 1.56 bits per heavy atom. The van der Waals surface area contributed by atoms with Gasteiger partial charge in [0.2, 0.25) is 0 Å². The van der Waals surface area contributed by atoms with E-state index < -0.39 is 12.3 Å². The van der Waals surface area contributed by atoms with E-state index in [0.29, 0.717) is 37.2 Å². The second-order valence-corrected chi connectivity index (χ2v) is 9.65. The monoisotopic (exact) mass is 520 g/mol. The normalized spacial score (nSPS) is 16.0. The van der Waals surface area contributed by atoms with Gasteiger partial charge in [-0.15, -0.1) is 0 Å². The SMILES string of the molecule is CCCC(F)c1cc(OCC(=O)N2CCN(Cc3ccc(Cl)cc3)CC2)cc(C(F)CCC)c1C=O. The van der Waals surface area contributed by atoms with E-state index in [0.717, 1.165) is 25.2 Å². The number of aldehydes is 1. The molecule has 0 radical (unpaired) electrons.